The lowest BCUT2D eigenvalue weighted by atomic mass is 10.1. The van der Waals surface area contributed by atoms with Gasteiger partial charge in [-0.2, -0.15) is 0 Å². The zero-order valence-electron chi connectivity index (χ0n) is 15.1. The van der Waals surface area contributed by atoms with Crippen molar-refractivity contribution >= 4 is 17.3 Å². The normalized spacial score (nSPS) is 10.4. The fourth-order valence-electron chi connectivity index (χ4n) is 2.80. The average Bonchev–Trinajstić information content (AvgIpc) is 2.67. The number of carbonyl (C=O) groups excluding carboxylic acids is 1. The van der Waals surface area contributed by atoms with Crippen LogP contribution >= 0.6 is 0 Å². The molecule has 0 radical (unpaired) electrons. The Bertz CT molecular complexity index is 888. The number of para-hydroxylation sites is 1. The van der Waals surface area contributed by atoms with E-state index in [1.54, 1.807) is 12.3 Å². The number of nitrogens with one attached hydrogen (secondary N) is 2. The number of nitrogens with zero attached hydrogens (tertiary/aromatic N) is 1. The summed E-state index contributed by atoms with van der Waals surface area (Å²) >= 11 is 0. The van der Waals surface area contributed by atoms with Gasteiger partial charge in [-0.1, -0.05) is 55.0 Å². The minimum absolute atomic E-state index is 0.174. The van der Waals surface area contributed by atoms with Gasteiger partial charge in [0.1, 0.15) is 5.69 Å². The summed E-state index contributed by atoms with van der Waals surface area (Å²) in [4.78, 5) is 16.6. The molecular formula is C22H23N3O. The molecule has 3 rings (SSSR count). The van der Waals surface area contributed by atoms with Crippen LogP contribution < -0.4 is 10.6 Å². The van der Waals surface area contributed by atoms with E-state index >= 15 is 0 Å². The number of aryl methyl sites for hydroxylation is 2. The van der Waals surface area contributed by atoms with Crippen molar-refractivity contribution in [1.29, 1.82) is 0 Å². The van der Waals surface area contributed by atoms with Crippen molar-refractivity contribution in [2.24, 2.45) is 0 Å². The lowest BCUT2D eigenvalue weighted by Crippen LogP contribution is -2.23. The fourth-order valence-corrected chi connectivity index (χ4v) is 2.80. The summed E-state index contributed by atoms with van der Waals surface area (Å²) in [7, 11) is 0. The summed E-state index contributed by atoms with van der Waals surface area (Å²) in [5, 5.41) is 6.27. The van der Waals surface area contributed by atoms with Crippen LogP contribution in [0.25, 0.3) is 0 Å². The van der Waals surface area contributed by atoms with Gasteiger partial charge in [0.15, 0.2) is 0 Å². The van der Waals surface area contributed by atoms with E-state index in [0.29, 0.717) is 12.2 Å². The van der Waals surface area contributed by atoms with E-state index in [1.165, 1.54) is 11.1 Å². The van der Waals surface area contributed by atoms with E-state index < -0.39 is 0 Å². The molecule has 0 aliphatic heterocycles. The first-order valence-electron chi connectivity index (χ1n) is 8.80. The van der Waals surface area contributed by atoms with Gasteiger partial charge in [0.25, 0.3) is 5.91 Å². The number of aromatic nitrogens is 1. The first-order chi connectivity index (χ1) is 12.7. The monoisotopic (exact) mass is 345 g/mol. The van der Waals surface area contributed by atoms with Crippen LogP contribution in [0.5, 0.6) is 0 Å². The molecule has 132 valence electrons. The maximum absolute atomic E-state index is 12.3. The Kier molecular flexibility index (Phi) is 5.64. The third-order valence-electron chi connectivity index (χ3n) is 4.21. The maximum atomic E-state index is 12.3. The second-order valence-electron chi connectivity index (χ2n) is 6.24. The van der Waals surface area contributed by atoms with E-state index in [4.69, 9.17) is 0 Å². The molecule has 0 spiro atoms. The zero-order chi connectivity index (χ0) is 18.4. The Morgan fingerprint density at radius 3 is 2.62 bits per heavy atom. The van der Waals surface area contributed by atoms with Gasteiger partial charge in [-0.15, -0.1) is 0 Å². The molecule has 1 heterocycles. The van der Waals surface area contributed by atoms with Gasteiger partial charge in [0, 0.05) is 12.2 Å². The fraction of sp³-hybridized carbons (Fsp3) is 0.182. The van der Waals surface area contributed by atoms with Crippen LogP contribution in [0, 0.1) is 6.92 Å². The molecule has 0 atom stereocenters. The SMILES string of the molecule is CCc1ccccc1Nc1ccc(C(=O)NCc2cccc(C)c2)nc1. The molecule has 1 aromatic heterocycles. The Balaban J connectivity index is 1.62. The molecule has 0 aliphatic carbocycles. The van der Waals surface area contributed by atoms with Crippen LogP contribution in [0.3, 0.4) is 0 Å². The van der Waals surface area contributed by atoms with E-state index in [2.05, 4.69) is 34.7 Å². The second-order valence-corrected chi connectivity index (χ2v) is 6.24. The molecule has 0 fully saturated rings. The molecule has 2 N–H and O–H groups in total. The van der Waals surface area contributed by atoms with Crippen molar-refractivity contribution in [2.45, 2.75) is 26.8 Å². The predicted octanol–water partition coefficient (Wildman–Crippen LogP) is 4.63. The number of benzene rings is 2. The predicted molar refractivity (Wildman–Crippen MR) is 106 cm³/mol. The lowest BCUT2D eigenvalue weighted by molar-refractivity contribution is 0.0946. The van der Waals surface area contributed by atoms with Crippen molar-refractivity contribution in [3.05, 3.63) is 89.2 Å². The molecule has 1 amide bonds. The molecule has 26 heavy (non-hydrogen) atoms. The van der Waals surface area contributed by atoms with Gasteiger partial charge in [-0.25, -0.2) is 4.98 Å². The Labute approximate surface area is 154 Å². The molecule has 0 saturated heterocycles. The minimum atomic E-state index is -0.174. The van der Waals surface area contributed by atoms with Crippen LogP contribution in [-0.2, 0) is 13.0 Å². The van der Waals surface area contributed by atoms with Crippen LogP contribution in [0.4, 0.5) is 11.4 Å². The third-order valence-corrected chi connectivity index (χ3v) is 4.21. The number of rotatable bonds is 6. The van der Waals surface area contributed by atoms with Gasteiger partial charge in [-0.05, 0) is 42.7 Å². The van der Waals surface area contributed by atoms with Crippen molar-refractivity contribution in [2.75, 3.05) is 5.32 Å². The average molecular weight is 345 g/mol. The van der Waals surface area contributed by atoms with E-state index in [9.17, 15) is 4.79 Å². The molecule has 4 heteroatoms. The number of amides is 1. The van der Waals surface area contributed by atoms with E-state index in [-0.39, 0.29) is 5.91 Å². The number of anilines is 2. The summed E-state index contributed by atoms with van der Waals surface area (Å²) in [5.74, 6) is -0.174. The highest BCUT2D eigenvalue weighted by Gasteiger charge is 2.07. The molecule has 3 aromatic rings. The maximum Gasteiger partial charge on any atom is 0.270 e. The molecular weight excluding hydrogens is 322 g/mol. The van der Waals surface area contributed by atoms with Crippen LogP contribution in [0.1, 0.15) is 34.1 Å². The highest BCUT2D eigenvalue weighted by atomic mass is 16.1. The largest absolute Gasteiger partial charge is 0.354 e. The van der Waals surface area contributed by atoms with Crippen molar-refractivity contribution in [3.8, 4) is 0 Å². The Morgan fingerprint density at radius 2 is 1.88 bits per heavy atom. The highest BCUT2D eigenvalue weighted by molar-refractivity contribution is 5.92. The summed E-state index contributed by atoms with van der Waals surface area (Å²) in [6.07, 6.45) is 2.64. The summed E-state index contributed by atoms with van der Waals surface area (Å²) in [6, 6.07) is 19.9. The highest BCUT2D eigenvalue weighted by Crippen LogP contribution is 2.20. The quantitative estimate of drug-likeness (QED) is 0.685. The van der Waals surface area contributed by atoms with E-state index in [0.717, 1.165) is 23.4 Å². The minimum Gasteiger partial charge on any atom is -0.354 e. The molecule has 0 bridgehead atoms. The van der Waals surface area contributed by atoms with Gasteiger partial charge in [0.2, 0.25) is 0 Å². The van der Waals surface area contributed by atoms with Gasteiger partial charge >= 0.3 is 0 Å². The standard InChI is InChI=1S/C22H23N3O/c1-3-18-9-4-5-10-20(18)25-19-11-12-21(23-15-19)22(26)24-14-17-8-6-7-16(2)13-17/h4-13,15,25H,3,14H2,1-2H3,(H,24,26). The smallest absolute Gasteiger partial charge is 0.270 e. The molecule has 2 aromatic carbocycles. The lowest BCUT2D eigenvalue weighted by Gasteiger charge is -2.11. The number of hydrogen-bond donors (Lipinski definition) is 2. The summed E-state index contributed by atoms with van der Waals surface area (Å²) in [5.41, 5.74) is 5.83. The second kappa shape index (κ2) is 8.30. The molecule has 0 unspecified atom stereocenters. The third kappa shape index (κ3) is 4.48. The molecule has 0 aliphatic rings. The van der Waals surface area contributed by atoms with Gasteiger partial charge in [0.05, 0.1) is 11.9 Å². The first kappa shape index (κ1) is 17.7. The van der Waals surface area contributed by atoms with Gasteiger partial charge in [-0.3, -0.25) is 4.79 Å². The molecule has 4 nitrogen and oxygen atoms in total. The van der Waals surface area contributed by atoms with E-state index in [1.807, 2.05) is 49.4 Å². The van der Waals surface area contributed by atoms with Crippen molar-refractivity contribution in [3.63, 3.8) is 0 Å². The summed E-state index contributed by atoms with van der Waals surface area (Å²) < 4.78 is 0. The van der Waals surface area contributed by atoms with Crippen molar-refractivity contribution in [1.82, 2.24) is 10.3 Å². The number of pyridine rings is 1. The zero-order valence-corrected chi connectivity index (χ0v) is 15.1. The first-order valence-corrected chi connectivity index (χ1v) is 8.80. The number of hydrogen-bond acceptors (Lipinski definition) is 3. The molecule has 0 saturated carbocycles. The van der Waals surface area contributed by atoms with Crippen LogP contribution in [0.15, 0.2) is 66.9 Å². The van der Waals surface area contributed by atoms with Crippen LogP contribution in [0.2, 0.25) is 0 Å². The topological polar surface area (TPSA) is 54.0 Å². The van der Waals surface area contributed by atoms with Crippen molar-refractivity contribution < 1.29 is 4.79 Å². The van der Waals surface area contributed by atoms with Crippen LogP contribution in [-0.4, -0.2) is 10.9 Å². The Hall–Kier alpha value is -3.14. The van der Waals surface area contributed by atoms with Gasteiger partial charge < -0.3 is 10.6 Å². The number of carbonyl (C=O) groups is 1. The summed E-state index contributed by atoms with van der Waals surface area (Å²) in [6.45, 7) is 4.65. The Morgan fingerprint density at radius 1 is 1.04 bits per heavy atom.